The van der Waals surface area contributed by atoms with Gasteiger partial charge in [-0.05, 0) is 12.8 Å². The molecular formula is C55H111NO4. The molecular weight excluding hydrogens is 739 g/mol. The molecule has 3 atom stereocenters. The molecule has 0 bridgehead atoms. The molecule has 0 aliphatic carbocycles. The summed E-state index contributed by atoms with van der Waals surface area (Å²) in [5, 5.41) is 33.8. The topological polar surface area (TPSA) is 89.8 Å². The molecule has 0 fully saturated rings. The predicted octanol–water partition coefficient (Wildman–Crippen LogP) is 16.9. The van der Waals surface area contributed by atoms with Crippen molar-refractivity contribution in [3.8, 4) is 0 Å². The molecule has 0 aromatic carbocycles. The van der Waals surface area contributed by atoms with E-state index in [1.54, 1.807) is 0 Å². The summed E-state index contributed by atoms with van der Waals surface area (Å²) >= 11 is 0. The van der Waals surface area contributed by atoms with Crippen molar-refractivity contribution in [2.45, 2.75) is 340 Å². The van der Waals surface area contributed by atoms with Gasteiger partial charge < -0.3 is 20.6 Å². The SMILES string of the molecule is CCCCCCCCCCCCCCCCCCCCCCCCCCC(=O)NC(CO)C(O)C(O)CCCCCCCCCCCCCCCCCCCCCCCC. The maximum Gasteiger partial charge on any atom is 0.220 e. The molecule has 0 saturated carbocycles. The Balaban J connectivity index is 3.50. The maximum absolute atomic E-state index is 12.5. The lowest BCUT2D eigenvalue weighted by Gasteiger charge is -2.26. The highest BCUT2D eigenvalue weighted by Gasteiger charge is 2.26. The second kappa shape index (κ2) is 51.0. The van der Waals surface area contributed by atoms with Gasteiger partial charge in [-0.1, -0.05) is 303 Å². The third kappa shape index (κ3) is 45.4. The number of aliphatic hydroxyl groups excluding tert-OH is 3. The van der Waals surface area contributed by atoms with Crippen LogP contribution in [0.3, 0.4) is 0 Å². The summed E-state index contributed by atoms with van der Waals surface area (Å²) in [6.45, 7) is 4.23. The number of hydrogen-bond acceptors (Lipinski definition) is 4. The van der Waals surface area contributed by atoms with E-state index in [0.29, 0.717) is 12.8 Å². The van der Waals surface area contributed by atoms with Crippen molar-refractivity contribution in [1.82, 2.24) is 5.32 Å². The van der Waals surface area contributed by atoms with E-state index in [0.717, 1.165) is 32.1 Å². The van der Waals surface area contributed by atoms with E-state index in [1.807, 2.05) is 0 Å². The smallest absolute Gasteiger partial charge is 0.220 e. The highest BCUT2D eigenvalue weighted by molar-refractivity contribution is 5.76. The van der Waals surface area contributed by atoms with Gasteiger partial charge in [-0.2, -0.15) is 0 Å². The van der Waals surface area contributed by atoms with Crippen molar-refractivity contribution in [1.29, 1.82) is 0 Å². The van der Waals surface area contributed by atoms with Crippen LogP contribution in [0.1, 0.15) is 322 Å². The zero-order valence-electron chi connectivity index (χ0n) is 41.1. The van der Waals surface area contributed by atoms with Gasteiger partial charge in [0.1, 0.15) is 6.10 Å². The Hall–Kier alpha value is -0.650. The van der Waals surface area contributed by atoms with Crippen LogP contribution in [0.25, 0.3) is 0 Å². The maximum atomic E-state index is 12.5. The van der Waals surface area contributed by atoms with Crippen molar-refractivity contribution in [3.63, 3.8) is 0 Å². The van der Waals surface area contributed by atoms with Gasteiger partial charge in [-0.15, -0.1) is 0 Å². The third-order valence-electron chi connectivity index (χ3n) is 13.5. The van der Waals surface area contributed by atoms with Crippen LogP contribution in [0.4, 0.5) is 0 Å². The number of carbonyl (C=O) groups excluding carboxylic acids is 1. The van der Waals surface area contributed by atoms with E-state index in [1.165, 1.54) is 263 Å². The monoisotopic (exact) mass is 850 g/mol. The fraction of sp³-hybridized carbons (Fsp3) is 0.982. The molecule has 5 heteroatoms. The molecule has 0 saturated heterocycles. The first kappa shape index (κ1) is 59.4. The van der Waals surface area contributed by atoms with Gasteiger partial charge in [0.2, 0.25) is 5.91 Å². The number of amides is 1. The fourth-order valence-corrected chi connectivity index (χ4v) is 9.17. The van der Waals surface area contributed by atoms with Gasteiger partial charge in [0.05, 0.1) is 18.8 Å². The first-order valence-corrected chi connectivity index (χ1v) is 27.8. The summed E-state index contributed by atoms with van der Waals surface area (Å²) in [7, 11) is 0. The van der Waals surface area contributed by atoms with Gasteiger partial charge >= 0.3 is 0 Å². The van der Waals surface area contributed by atoms with Crippen molar-refractivity contribution < 1.29 is 20.1 Å². The summed E-state index contributed by atoms with van der Waals surface area (Å²) in [6, 6.07) is -0.804. The molecule has 0 aromatic heterocycles. The normalized spacial score (nSPS) is 13.2. The molecule has 0 heterocycles. The lowest BCUT2D eigenvalue weighted by Crippen LogP contribution is -2.50. The number of rotatable bonds is 52. The van der Waals surface area contributed by atoms with E-state index in [-0.39, 0.29) is 12.5 Å². The lowest BCUT2D eigenvalue weighted by atomic mass is 9.99. The molecule has 0 rings (SSSR count). The van der Waals surface area contributed by atoms with Crippen molar-refractivity contribution in [2.75, 3.05) is 6.61 Å². The fourth-order valence-electron chi connectivity index (χ4n) is 9.17. The molecule has 0 aliphatic heterocycles. The Morgan fingerprint density at radius 3 is 0.800 bits per heavy atom. The van der Waals surface area contributed by atoms with Crippen LogP contribution in [0.5, 0.6) is 0 Å². The largest absolute Gasteiger partial charge is 0.394 e. The summed E-state index contributed by atoms with van der Waals surface area (Å²) in [5.41, 5.74) is 0. The Bertz CT molecular complexity index is 807. The summed E-state index contributed by atoms with van der Waals surface area (Å²) in [6.07, 6.45) is 61.1. The minimum atomic E-state index is -1.13. The first-order chi connectivity index (χ1) is 29.6. The average Bonchev–Trinajstić information content (AvgIpc) is 3.25. The average molecular weight is 850 g/mol. The highest BCUT2D eigenvalue weighted by atomic mass is 16.3. The molecule has 1 amide bonds. The lowest BCUT2D eigenvalue weighted by molar-refractivity contribution is -0.124. The van der Waals surface area contributed by atoms with Crippen LogP contribution < -0.4 is 5.32 Å². The Kier molecular flexibility index (Phi) is 50.4. The zero-order chi connectivity index (χ0) is 43.7. The number of hydrogen-bond donors (Lipinski definition) is 4. The van der Waals surface area contributed by atoms with Gasteiger partial charge in [-0.3, -0.25) is 4.79 Å². The number of unbranched alkanes of at least 4 members (excludes halogenated alkanes) is 44. The number of carbonyl (C=O) groups is 1. The van der Waals surface area contributed by atoms with E-state index in [4.69, 9.17) is 0 Å². The van der Waals surface area contributed by atoms with E-state index < -0.39 is 18.2 Å². The van der Waals surface area contributed by atoms with E-state index in [2.05, 4.69) is 19.2 Å². The van der Waals surface area contributed by atoms with Crippen molar-refractivity contribution in [2.24, 2.45) is 0 Å². The molecule has 3 unspecified atom stereocenters. The second-order valence-electron chi connectivity index (χ2n) is 19.5. The standard InChI is InChI=1S/C55H111NO4/c1-3-5-7-9-11-13-15-17-19-21-23-25-27-28-30-32-34-36-38-40-42-44-46-48-50-54(59)56-52(51-57)55(60)53(58)49-47-45-43-41-39-37-35-33-31-29-26-24-22-20-18-16-14-12-10-8-6-4-2/h52-53,55,57-58,60H,3-51H2,1-2H3,(H,56,59). The molecule has 0 spiro atoms. The Labute approximate surface area is 377 Å². The van der Waals surface area contributed by atoms with Crippen LogP contribution in [-0.2, 0) is 4.79 Å². The van der Waals surface area contributed by atoms with E-state index in [9.17, 15) is 20.1 Å². The van der Waals surface area contributed by atoms with Gasteiger partial charge in [0.15, 0.2) is 0 Å². The predicted molar refractivity (Wildman–Crippen MR) is 264 cm³/mol. The number of aliphatic hydroxyl groups is 3. The Morgan fingerprint density at radius 1 is 0.350 bits per heavy atom. The van der Waals surface area contributed by atoms with Crippen LogP contribution in [-0.4, -0.2) is 46.1 Å². The summed E-state index contributed by atoms with van der Waals surface area (Å²) < 4.78 is 0. The van der Waals surface area contributed by atoms with Crippen LogP contribution >= 0.6 is 0 Å². The van der Waals surface area contributed by atoms with Crippen molar-refractivity contribution >= 4 is 5.91 Å². The molecule has 4 N–H and O–H groups in total. The molecule has 0 aromatic rings. The first-order valence-electron chi connectivity index (χ1n) is 27.8. The minimum Gasteiger partial charge on any atom is -0.394 e. The Morgan fingerprint density at radius 2 is 0.567 bits per heavy atom. The molecule has 360 valence electrons. The second-order valence-corrected chi connectivity index (χ2v) is 19.5. The van der Waals surface area contributed by atoms with Gasteiger partial charge in [0, 0.05) is 6.42 Å². The van der Waals surface area contributed by atoms with E-state index >= 15 is 0 Å². The minimum absolute atomic E-state index is 0.136. The summed E-state index contributed by atoms with van der Waals surface area (Å²) in [4.78, 5) is 12.5. The van der Waals surface area contributed by atoms with Gasteiger partial charge in [-0.25, -0.2) is 0 Å². The van der Waals surface area contributed by atoms with Gasteiger partial charge in [0.25, 0.3) is 0 Å². The zero-order valence-corrected chi connectivity index (χ0v) is 41.1. The quantitative estimate of drug-likeness (QED) is 0.0459. The summed E-state index contributed by atoms with van der Waals surface area (Å²) in [5.74, 6) is -0.136. The van der Waals surface area contributed by atoms with Crippen LogP contribution in [0, 0.1) is 0 Å². The van der Waals surface area contributed by atoms with Crippen molar-refractivity contribution in [3.05, 3.63) is 0 Å². The van der Waals surface area contributed by atoms with Crippen LogP contribution in [0.2, 0.25) is 0 Å². The molecule has 0 aliphatic rings. The highest BCUT2D eigenvalue weighted by Crippen LogP contribution is 2.19. The molecule has 5 nitrogen and oxygen atoms in total. The molecule has 60 heavy (non-hydrogen) atoms. The third-order valence-corrected chi connectivity index (χ3v) is 13.5. The van der Waals surface area contributed by atoms with Crippen LogP contribution in [0.15, 0.2) is 0 Å². The number of nitrogens with one attached hydrogen (secondary N) is 1. The molecule has 0 radical (unpaired) electrons.